The Labute approximate surface area is 141 Å². The zero-order chi connectivity index (χ0) is 17.8. The molecule has 0 atom stereocenters. The van der Waals surface area contributed by atoms with Crippen molar-refractivity contribution < 1.29 is 32.5 Å². The van der Waals surface area contributed by atoms with Crippen LogP contribution in [-0.4, -0.2) is 22.4 Å². The van der Waals surface area contributed by atoms with Crippen LogP contribution < -0.4 is 15.2 Å². The van der Waals surface area contributed by atoms with E-state index in [0.717, 1.165) is 12.1 Å². The zero-order valence-corrected chi connectivity index (χ0v) is 12.8. The molecule has 1 aromatic heterocycles. The number of nitrogen functional groups attached to an aromatic ring is 1. The van der Waals surface area contributed by atoms with E-state index >= 15 is 0 Å². The molecule has 1 aliphatic heterocycles. The minimum atomic E-state index is -4.02. The molecule has 1 aromatic carbocycles. The molecule has 24 heavy (non-hydrogen) atoms. The number of anilines is 1. The lowest BCUT2D eigenvalue weighted by Gasteiger charge is -2.11. The van der Waals surface area contributed by atoms with E-state index in [-0.39, 0.29) is 10.7 Å². The van der Waals surface area contributed by atoms with Gasteiger partial charge in [0.1, 0.15) is 0 Å². The number of pyridine rings is 1. The van der Waals surface area contributed by atoms with Crippen molar-refractivity contribution in [2.24, 2.45) is 0 Å². The Hall–Kier alpha value is -2.39. The second-order valence-corrected chi connectivity index (χ2v) is 5.33. The lowest BCUT2D eigenvalue weighted by Crippen LogP contribution is -2.26. The maximum Gasteiger partial charge on any atom is 0.586 e. The molecule has 126 valence electrons. The van der Waals surface area contributed by atoms with Crippen LogP contribution in [0, 0.1) is 5.82 Å². The second kappa shape index (κ2) is 5.32. The molecule has 0 saturated carbocycles. The van der Waals surface area contributed by atoms with Gasteiger partial charge in [-0.05, 0) is 12.1 Å². The summed E-state index contributed by atoms with van der Waals surface area (Å²) in [4.78, 5) is 14.8. The van der Waals surface area contributed by atoms with Crippen LogP contribution >= 0.6 is 23.2 Å². The number of carboxylic acids is 1. The highest BCUT2D eigenvalue weighted by atomic mass is 35.5. The molecule has 0 bridgehead atoms. The highest BCUT2D eigenvalue weighted by Crippen LogP contribution is 2.47. The van der Waals surface area contributed by atoms with Crippen molar-refractivity contribution in [2.75, 3.05) is 5.73 Å². The fraction of sp³-hybridized carbons (Fsp3) is 0.0769. The van der Waals surface area contributed by atoms with Gasteiger partial charge in [-0.1, -0.05) is 23.2 Å². The highest BCUT2D eigenvalue weighted by Gasteiger charge is 2.45. The smallest absolute Gasteiger partial charge is 0.476 e. The van der Waals surface area contributed by atoms with E-state index in [2.05, 4.69) is 14.5 Å². The number of hydrogen-bond acceptors (Lipinski definition) is 5. The van der Waals surface area contributed by atoms with E-state index in [4.69, 9.17) is 34.0 Å². The van der Waals surface area contributed by atoms with E-state index < -0.39 is 51.6 Å². The van der Waals surface area contributed by atoms with Gasteiger partial charge in [0.2, 0.25) is 5.75 Å². The lowest BCUT2D eigenvalue weighted by molar-refractivity contribution is -0.287. The number of nitrogens with two attached hydrogens (primary N) is 1. The van der Waals surface area contributed by atoms with Crippen molar-refractivity contribution in [1.29, 1.82) is 0 Å². The maximum absolute atomic E-state index is 14.5. The molecule has 11 heteroatoms. The monoisotopic (exact) mass is 380 g/mol. The third-order valence-corrected chi connectivity index (χ3v) is 3.85. The molecular weight excluding hydrogens is 376 g/mol. The summed E-state index contributed by atoms with van der Waals surface area (Å²) in [5, 5.41) is 8.30. The number of ether oxygens (including phenoxy) is 2. The van der Waals surface area contributed by atoms with Gasteiger partial charge in [0, 0.05) is 5.56 Å². The number of rotatable bonds is 2. The maximum atomic E-state index is 14.5. The number of fused-ring (bicyclic) bond motifs is 1. The Balaban J connectivity index is 2.24. The fourth-order valence-electron chi connectivity index (χ4n) is 2.05. The number of benzene rings is 1. The topological polar surface area (TPSA) is 94.7 Å². The second-order valence-electron chi connectivity index (χ2n) is 4.58. The van der Waals surface area contributed by atoms with Crippen LogP contribution in [0.25, 0.3) is 11.3 Å². The van der Waals surface area contributed by atoms with Crippen LogP contribution in [0.15, 0.2) is 12.1 Å². The average Bonchev–Trinajstić information content (AvgIpc) is 2.81. The molecule has 0 saturated heterocycles. The van der Waals surface area contributed by atoms with Crippen LogP contribution in [0.4, 0.5) is 18.9 Å². The third kappa shape index (κ3) is 2.45. The first-order valence-corrected chi connectivity index (χ1v) is 6.84. The van der Waals surface area contributed by atoms with Crippen LogP contribution in [0.3, 0.4) is 0 Å². The van der Waals surface area contributed by atoms with Gasteiger partial charge < -0.3 is 20.3 Å². The van der Waals surface area contributed by atoms with Crippen molar-refractivity contribution in [1.82, 2.24) is 4.98 Å². The predicted octanol–water partition coefficient (Wildman–Crippen LogP) is 3.80. The first kappa shape index (κ1) is 16.5. The first-order valence-electron chi connectivity index (χ1n) is 6.09. The predicted molar refractivity (Wildman–Crippen MR) is 77.2 cm³/mol. The lowest BCUT2D eigenvalue weighted by atomic mass is 10.1. The van der Waals surface area contributed by atoms with Gasteiger partial charge in [0.15, 0.2) is 17.3 Å². The minimum absolute atomic E-state index is 0.338. The Kier molecular flexibility index (Phi) is 3.65. The zero-order valence-electron chi connectivity index (χ0n) is 11.2. The quantitative estimate of drug-likeness (QED) is 0.822. The highest BCUT2D eigenvalue weighted by molar-refractivity contribution is 6.41. The van der Waals surface area contributed by atoms with Gasteiger partial charge in [0.05, 0.1) is 21.4 Å². The van der Waals surface area contributed by atoms with E-state index in [1.54, 1.807) is 0 Å². The molecular formula is C13H5Cl2F3N2O4. The Morgan fingerprint density at radius 3 is 2.54 bits per heavy atom. The Bertz CT molecular complexity index is 892. The number of carboxylic acid groups (broad SMARTS) is 1. The SMILES string of the molecule is Nc1c(Cl)c(C(=O)O)nc(-c2ccc3c(c2F)OC(F)(F)O3)c1Cl. The van der Waals surface area contributed by atoms with E-state index in [1.165, 1.54) is 0 Å². The molecule has 0 unspecified atom stereocenters. The standard InChI is InChI=1S/C13H5Cl2F3N2O4/c14-5-8(19)6(15)10(12(21)22)20-9(5)3-1-2-4-11(7(3)16)24-13(17,18)23-4/h1-2H,(H2,19,20)(H,21,22). The molecule has 0 aliphatic carbocycles. The number of alkyl halides is 2. The molecule has 3 N–H and O–H groups in total. The molecule has 3 rings (SSSR count). The average molecular weight is 381 g/mol. The van der Waals surface area contributed by atoms with Gasteiger partial charge in [-0.3, -0.25) is 0 Å². The van der Waals surface area contributed by atoms with Crippen molar-refractivity contribution in [3.05, 3.63) is 33.7 Å². The molecule has 2 aromatic rings. The van der Waals surface area contributed by atoms with Gasteiger partial charge in [0.25, 0.3) is 0 Å². The summed E-state index contributed by atoms with van der Waals surface area (Å²) < 4.78 is 48.8. The van der Waals surface area contributed by atoms with Crippen LogP contribution in [0.5, 0.6) is 11.5 Å². The van der Waals surface area contributed by atoms with Crippen molar-refractivity contribution in [3.63, 3.8) is 0 Å². The summed E-state index contributed by atoms with van der Waals surface area (Å²) in [5.41, 5.74) is 3.78. The third-order valence-electron chi connectivity index (χ3n) is 3.08. The molecule has 0 spiro atoms. The summed E-state index contributed by atoms with van der Waals surface area (Å²) in [5.74, 6) is -4.19. The van der Waals surface area contributed by atoms with E-state index in [1.807, 2.05) is 0 Å². The molecule has 0 radical (unpaired) electrons. The number of aromatic nitrogens is 1. The summed E-state index contributed by atoms with van der Waals surface area (Å²) in [6.45, 7) is 0. The number of nitrogens with zero attached hydrogens (tertiary/aromatic N) is 1. The van der Waals surface area contributed by atoms with Crippen molar-refractivity contribution in [3.8, 4) is 22.8 Å². The van der Waals surface area contributed by atoms with Gasteiger partial charge in [-0.15, -0.1) is 8.78 Å². The Morgan fingerprint density at radius 2 is 1.92 bits per heavy atom. The van der Waals surface area contributed by atoms with E-state index in [9.17, 15) is 18.0 Å². The Morgan fingerprint density at radius 1 is 1.25 bits per heavy atom. The number of carbonyl (C=O) groups is 1. The normalized spacial score (nSPS) is 14.7. The van der Waals surface area contributed by atoms with E-state index in [0.29, 0.717) is 0 Å². The van der Waals surface area contributed by atoms with Crippen molar-refractivity contribution >= 4 is 34.9 Å². The number of hydrogen-bond donors (Lipinski definition) is 2. The minimum Gasteiger partial charge on any atom is -0.476 e. The molecule has 6 nitrogen and oxygen atoms in total. The van der Waals surface area contributed by atoms with Crippen LogP contribution in [-0.2, 0) is 0 Å². The fourth-order valence-corrected chi connectivity index (χ4v) is 2.55. The molecule has 0 amide bonds. The first-order chi connectivity index (χ1) is 11.1. The summed E-state index contributed by atoms with van der Waals surface area (Å²) >= 11 is 11.7. The van der Waals surface area contributed by atoms with Gasteiger partial charge in [-0.2, -0.15) is 0 Å². The number of aromatic carboxylic acids is 1. The van der Waals surface area contributed by atoms with Gasteiger partial charge >= 0.3 is 12.3 Å². The van der Waals surface area contributed by atoms with Crippen molar-refractivity contribution in [2.45, 2.75) is 6.29 Å². The molecule has 0 fully saturated rings. The largest absolute Gasteiger partial charge is 0.586 e. The molecule has 1 aliphatic rings. The summed E-state index contributed by atoms with van der Waals surface area (Å²) in [6.07, 6.45) is -4.02. The van der Waals surface area contributed by atoms with Gasteiger partial charge in [-0.25, -0.2) is 14.2 Å². The van der Waals surface area contributed by atoms with Crippen LogP contribution in [0.1, 0.15) is 10.5 Å². The summed E-state index contributed by atoms with van der Waals surface area (Å²) in [7, 11) is 0. The number of halogens is 5. The van der Waals surface area contributed by atoms with Crippen LogP contribution in [0.2, 0.25) is 10.0 Å². The molecule has 2 heterocycles. The summed E-state index contributed by atoms with van der Waals surface area (Å²) in [6, 6.07) is 2.02.